The Morgan fingerprint density at radius 3 is 2.33 bits per heavy atom. The van der Waals surface area contributed by atoms with Crippen molar-refractivity contribution in [1.29, 1.82) is 0 Å². The Kier molecular flexibility index (Phi) is 4.99. The van der Waals surface area contributed by atoms with Gasteiger partial charge in [0.05, 0.1) is 25.9 Å². The number of hydrogen-bond donors (Lipinski definition) is 0. The van der Waals surface area contributed by atoms with Gasteiger partial charge < -0.3 is 9.47 Å². The second-order valence-corrected chi connectivity index (χ2v) is 5.76. The van der Waals surface area contributed by atoms with Crippen molar-refractivity contribution in [1.82, 2.24) is 0 Å². The molecule has 1 rings (SSSR count). The van der Waals surface area contributed by atoms with Crippen molar-refractivity contribution in [2.45, 2.75) is 38.9 Å². The van der Waals surface area contributed by atoms with Crippen molar-refractivity contribution in [3.05, 3.63) is 33.4 Å². The van der Waals surface area contributed by atoms with Crippen molar-refractivity contribution >= 4 is 19.7 Å². The molecule has 0 fully saturated rings. The number of methoxy groups -OCH3 is 1. The normalized spacial score (nSPS) is 12.6. The van der Waals surface area contributed by atoms with Crippen LogP contribution in [-0.2, 0) is 10.2 Å². The maximum atomic E-state index is 11.3. The molecule has 0 saturated carbocycles. The Bertz CT molecular complexity index is 563. The van der Waals surface area contributed by atoms with E-state index in [1.807, 2.05) is 20.8 Å². The molecule has 2 radical (unpaired) electrons. The number of ether oxygens (including phenoxy) is 2. The first kappa shape index (κ1) is 17.0. The number of nitro groups is 1. The van der Waals surface area contributed by atoms with Gasteiger partial charge in [-0.1, -0.05) is 27.7 Å². The number of hydrogen-bond acceptors (Lipinski definition) is 5. The Labute approximate surface area is 125 Å². The molecule has 0 unspecified atom stereocenters. The summed E-state index contributed by atoms with van der Waals surface area (Å²) < 4.78 is 9.48. The number of nitro benzene ring substituents is 1. The summed E-state index contributed by atoms with van der Waals surface area (Å²) in [5.74, 6) is -0.413. The molecule has 0 aliphatic rings. The first-order valence-corrected chi connectivity index (χ1v) is 6.42. The van der Waals surface area contributed by atoms with Crippen molar-refractivity contribution < 1.29 is 19.2 Å². The van der Waals surface area contributed by atoms with Gasteiger partial charge in [0, 0.05) is 11.1 Å². The van der Waals surface area contributed by atoms with E-state index in [0.29, 0.717) is 11.1 Å². The highest BCUT2D eigenvalue weighted by Gasteiger charge is 2.27. The van der Waals surface area contributed by atoms with Crippen LogP contribution in [0, 0.1) is 10.1 Å². The molecule has 0 aliphatic carbocycles. The third kappa shape index (κ3) is 3.96. The maximum absolute atomic E-state index is 11.3. The monoisotopic (exact) mass is 291 g/mol. The molecular formula is C14H18BNO5. The lowest BCUT2D eigenvalue weighted by Crippen LogP contribution is -2.18. The molecular weight excluding hydrogens is 273 g/mol. The van der Waals surface area contributed by atoms with E-state index in [2.05, 4.69) is 4.74 Å². The zero-order valence-corrected chi connectivity index (χ0v) is 12.8. The van der Waals surface area contributed by atoms with E-state index in [-0.39, 0.29) is 16.9 Å². The van der Waals surface area contributed by atoms with Gasteiger partial charge in [0.2, 0.25) is 0 Å². The molecule has 7 heteroatoms. The molecule has 1 atom stereocenters. The number of benzene rings is 1. The maximum Gasteiger partial charge on any atom is 0.513 e. The molecule has 1 aromatic rings. The van der Waals surface area contributed by atoms with E-state index in [9.17, 15) is 14.9 Å². The van der Waals surface area contributed by atoms with Crippen LogP contribution >= 0.6 is 0 Å². The van der Waals surface area contributed by atoms with Crippen LogP contribution in [0.15, 0.2) is 12.1 Å². The molecule has 0 amide bonds. The van der Waals surface area contributed by atoms with E-state index in [0.717, 1.165) is 0 Å². The highest BCUT2D eigenvalue weighted by Crippen LogP contribution is 2.38. The average molecular weight is 291 g/mol. The lowest BCUT2D eigenvalue weighted by Gasteiger charge is -2.23. The minimum atomic E-state index is -0.927. The summed E-state index contributed by atoms with van der Waals surface area (Å²) in [6.45, 7) is 7.38. The molecule has 0 aliphatic heterocycles. The van der Waals surface area contributed by atoms with Crippen molar-refractivity contribution in [2.24, 2.45) is 0 Å². The van der Waals surface area contributed by atoms with Gasteiger partial charge in [-0.15, -0.1) is 0 Å². The van der Waals surface area contributed by atoms with Gasteiger partial charge in [0.1, 0.15) is 5.75 Å². The fourth-order valence-electron chi connectivity index (χ4n) is 1.91. The molecule has 1 aromatic carbocycles. The van der Waals surface area contributed by atoms with E-state index in [1.54, 1.807) is 13.0 Å². The zero-order valence-electron chi connectivity index (χ0n) is 12.8. The summed E-state index contributed by atoms with van der Waals surface area (Å²) in [7, 11) is 6.98. The number of carbonyl (C=O) groups is 1. The Hall–Kier alpha value is -2.05. The summed E-state index contributed by atoms with van der Waals surface area (Å²) >= 11 is 0. The molecule has 0 heterocycles. The van der Waals surface area contributed by atoms with Crippen molar-refractivity contribution in [3.63, 3.8) is 0 Å². The second-order valence-electron chi connectivity index (χ2n) is 5.76. The van der Waals surface area contributed by atoms with Crippen LogP contribution < -0.4 is 4.74 Å². The fraction of sp³-hybridized carbons (Fsp3) is 0.500. The largest absolute Gasteiger partial charge is 0.513 e. The highest BCUT2D eigenvalue weighted by atomic mass is 16.7. The summed E-state index contributed by atoms with van der Waals surface area (Å²) in [5.41, 5.74) is 0.465. The Morgan fingerprint density at radius 1 is 1.38 bits per heavy atom. The van der Waals surface area contributed by atoms with Gasteiger partial charge in [0.15, 0.2) is 0 Å². The van der Waals surface area contributed by atoms with E-state index in [4.69, 9.17) is 12.6 Å². The molecule has 112 valence electrons. The van der Waals surface area contributed by atoms with E-state index < -0.39 is 16.9 Å². The molecule has 0 bridgehead atoms. The smallest absolute Gasteiger partial charge is 0.437 e. The summed E-state index contributed by atoms with van der Waals surface area (Å²) in [6, 6.07) is 2.83. The van der Waals surface area contributed by atoms with Gasteiger partial charge >= 0.3 is 6.16 Å². The van der Waals surface area contributed by atoms with Gasteiger partial charge in [0.25, 0.3) is 5.69 Å². The number of carbonyl (C=O) groups excluding carboxylic acids is 1. The quantitative estimate of drug-likeness (QED) is 0.281. The van der Waals surface area contributed by atoms with Gasteiger partial charge in [-0.25, -0.2) is 4.79 Å². The predicted octanol–water partition coefficient (Wildman–Crippen LogP) is 3.27. The summed E-state index contributed by atoms with van der Waals surface area (Å²) in [6.07, 6.45) is -0.927. The minimum Gasteiger partial charge on any atom is -0.437 e. The Balaban J connectivity index is 3.56. The van der Waals surface area contributed by atoms with Crippen LogP contribution in [-0.4, -0.2) is 26.0 Å². The van der Waals surface area contributed by atoms with Crippen LogP contribution in [0.1, 0.15) is 44.6 Å². The van der Waals surface area contributed by atoms with Crippen LogP contribution in [0.4, 0.5) is 10.5 Å². The third-order valence-corrected chi connectivity index (χ3v) is 2.98. The molecule has 0 spiro atoms. The molecule has 21 heavy (non-hydrogen) atoms. The standard InChI is InChI=1S/C14H18BNO5/c1-8(15)9-6-10(14(2,3)4)12(21-13(17)20-5)7-11(9)16(18)19/h6-8H,1-5H3/t8-/m1/s1. The van der Waals surface area contributed by atoms with Gasteiger partial charge in [-0.05, 0) is 17.3 Å². The minimum absolute atomic E-state index is 0.102. The predicted molar refractivity (Wildman–Crippen MR) is 79.0 cm³/mol. The van der Waals surface area contributed by atoms with Crippen LogP contribution in [0.5, 0.6) is 5.75 Å². The first-order chi connectivity index (χ1) is 9.57. The lowest BCUT2D eigenvalue weighted by atomic mass is 9.78. The zero-order chi connectivity index (χ0) is 16.4. The molecule has 0 N–H and O–H groups in total. The van der Waals surface area contributed by atoms with Crippen LogP contribution in [0.2, 0.25) is 0 Å². The fourth-order valence-corrected chi connectivity index (χ4v) is 1.91. The molecule has 0 aromatic heterocycles. The lowest BCUT2D eigenvalue weighted by molar-refractivity contribution is -0.385. The highest BCUT2D eigenvalue weighted by molar-refractivity contribution is 6.12. The number of nitrogens with zero attached hydrogens (tertiary/aromatic N) is 1. The van der Waals surface area contributed by atoms with Gasteiger partial charge in [-0.3, -0.25) is 10.1 Å². The first-order valence-electron chi connectivity index (χ1n) is 6.42. The average Bonchev–Trinajstić information content (AvgIpc) is 2.36. The molecule has 0 saturated heterocycles. The van der Waals surface area contributed by atoms with Gasteiger partial charge in [-0.2, -0.15) is 0 Å². The van der Waals surface area contributed by atoms with Crippen molar-refractivity contribution in [2.75, 3.05) is 7.11 Å². The van der Waals surface area contributed by atoms with Crippen LogP contribution in [0.3, 0.4) is 0 Å². The van der Waals surface area contributed by atoms with Crippen molar-refractivity contribution in [3.8, 4) is 5.75 Å². The van der Waals surface area contributed by atoms with E-state index >= 15 is 0 Å². The van der Waals surface area contributed by atoms with E-state index in [1.165, 1.54) is 13.2 Å². The molecule has 6 nitrogen and oxygen atoms in total. The number of rotatable bonds is 3. The summed E-state index contributed by atoms with van der Waals surface area (Å²) in [5, 5.41) is 11.2. The second kappa shape index (κ2) is 6.16. The summed E-state index contributed by atoms with van der Waals surface area (Å²) in [4.78, 5) is 21.9. The SMILES string of the molecule is [B][C@H](C)c1cc(C(C)(C)C)c(OC(=O)OC)cc1[N+](=O)[O-]. The van der Waals surface area contributed by atoms with Crippen LogP contribution in [0.25, 0.3) is 0 Å². The Morgan fingerprint density at radius 2 is 1.95 bits per heavy atom. The topological polar surface area (TPSA) is 78.7 Å². The third-order valence-electron chi connectivity index (χ3n) is 2.98.